The van der Waals surface area contributed by atoms with E-state index < -0.39 is 0 Å². The summed E-state index contributed by atoms with van der Waals surface area (Å²) < 4.78 is 16.6. The van der Waals surface area contributed by atoms with E-state index in [-0.39, 0.29) is 17.3 Å². The second kappa shape index (κ2) is 10.7. The number of carbonyl (C=O) groups excluding carboxylic acids is 1. The molecule has 3 aromatic rings. The van der Waals surface area contributed by atoms with Crippen LogP contribution in [0.15, 0.2) is 41.2 Å². The summed E-state index contributed by atoms with van der Waals surface area (Å²) in [7, 11) is 0. The Balaban J connectivity index is 1.21. The molecule has 1 aromatic heterocycles. The zero-order chi connectivity index (χ0) is 26.1. The summed E-state index contributed by atoms with van der Waals surface area (Å²) in [5.41, 5.74) is 3.63. The molecule has 3 aliphatic heterocycles. The standard InChI is InChI=1S/C30H34FN5O2/c31-25-19-24-26(20-27(25)35-14-2-1-3-15-35)33-29-22(10-17-36(29)30(24)38)18-21-6-8-23(9-7-21)32-28(37)11-16-34-12-4-5-13-34/h6-9,18-20H,1-5,10-17H2,(H,32,37)/b22-18+. The Kier molecular flexibility index (Phi) is 6.98. The normalized spacial score (nSPS) is 18.9. The van der Waals surface area contributed by atoms with Crippen LogP contribution < -0.4 is 15.8 Å². The summed E-state index contributed by atoms with van der Waals surface area (Å²) >= 11 is 0. The van der Waals surface area contributed by atoms with Crippen molar-refractivity contribution in [3.8, 4) is 0 Å². The number of halogens is 1. The topological polar surface area (TPSA) is 70.5 Å². The van der Waals surface area contributed by atoms with Crippen molar-refractivity contribution in [2.75, 3.05) is 42.9 Å². The highest BCUT2D eigenvalue weighted by Gasteiger charge is 2.23. The average molecular weight is 516 g/mol. The van der Waals surface area contributed by atoms with Gasteiger partial charge in [-0.25, -0.2) is 9.37 Å². The van der Waals surface area contributed by atoms with Crippen molar-refractivity contribution in [2.45, 2.75) is 51.5 Å². The number of rotatable bonds is 6. The third-order valence-electron chi connectivity index (χ3n) is 8.00. The molecule has 3 aliphatic rings. The lowest BCUT2D eigenvalue weighted by atomic mass is 10.1. The van der Waals surface area contributed by atoms with E-state index in [0.717, 1.165) is 62.4 Å². The van der Waals surface area contributed by atoms with Crippen LogP contribution in [-0.2, 0) is 11.3 Å². The van der Waals surface area contributed by atoms with Crippen LogP contribution in [0.3, 0.4) is 0 Å². The minimum absolute atomic E-state index is 0.0311. The van der Waals surface area contributed by atoms with Crippen LogP contribution in [0.4, 0.5) is 15.8 Å². The molecule has 0 atom stereocenters. The fourth-order valence-corrected chi connectivity index (χ4v) is 5.89. The highest BCUT2D eigenvalue weighted by Crippen LogP contribution is 2.31. The number of aromatic nitrogens is 2. The zero-order valence-corrected chi connectivity index (χ0v) is 21.7. The highest BCUT2D eigenvalue weighted by molar-refractivity contribution is 5.91. The lowest BCUT2D eigenvalue weighted by Gasteiger charge is -2.29. The van der Waals surface area contributed by atoms with Crippen LogP contribution in [0.2, 0.25) is 0 Å². The van der Waals surface area contributed by atoms with Gasteiger partial charge in [0.25, 0.3) is 5.56 Å². The van der Waals surface area contributed by atoms with E-state index in [4.69, 9.17) is 4.98 Å². The molecule has 2 fully saturated rings. The summed E-state index contributed by atoms with van der Waals surface area (Å²) in [5.74, 6) is 0.331. The lowest BCUT2D eigenvalue weighted by Crippen LogP contribution is -2.30. The first-order valence-electron chi connectivity index (χ1n) is 13.9. The number of hydrogen-bond donors (Lipinski definition) is 1. The largest absolute Gasteiger partial charge is 0.369 e. The van der Waals surface area contributed by atoms with Crippen molar-refractivity contribution in [2.24, 2.45) is 0 Å². The van der Waals surface area contributed by atoms with E-state index in [1.54, 1.807) is 10.6 Å². The van der Waals surface area contributed by atoms with Crippen LogP contribution >= 0.6 is 0 Å². The number of carbonyl (C=O) groups is 1. The van der Waals surface area contributed by atoms with Crippen molar-refractivity contribution >= 4 is 39.8 Å². The van der Waals surface area contributed by atoms with Crippen LogP contribution in [0.25, 0.3) is 22.6 Å². The molecule has 1 amide bonds. The number of anilines is 2. The number of fused-ring (bicyclic) bond motifs is 2. The maximum Gasteiger partial charge on any atom is 0.261 e. The van der Waals surface area contributed by atoms with Gasteiger partial charge >= 0.3 is 0 Å². The Hall–Kier alpha value is -3.52. The number of amides is 1. The third-order valence-corrected chi connectivity index (χ3v) is 8.00. The van der Waals surface area contributed by atoms with E-state index in [0.29, 0.717) is 41.8 Å². The molecule has 198 valence electrons. The van der Waals surface area contributed by atoms with E-state index in [1.807, 2.05) is 30.3 Å². The molecule has 0 saturated carbocycles. The van der Waals surface area contributed by atoms with Gasteiger partial charge < -0.3 is 15.1 Å². The van der Waals surface area contributed by atoms with Crippen molar-refractivity contribution in [1.82, 2.24) is 14.5 Å². The van der Waals surface area contributed by atoms with Gasteiger partial charge in [0.15, 0.2) is 0 Å². The van der Waals surface area contributed by atoms with Gasteiger partial charge in [0.1, 0.15) is 11.6 Å². The lowest BCUT2D eigenvalue weighted by molar-refractivity contribution is -0.116. The Bertz CT molecular complexity index is 1430. The SMILES string of the molecule is O=C(CCN1CCCC1)Nc1ccc(/C=C2\CCn3c2nc2cc(N4CCCCC4)c(F)cc2c3=O)cc1. The molecule has 38 heavy (non-hydrogen) atoms. The zero-order valence-electron chi connectivity index (χ0n) is 21.7. The Morgan fingerprint density at radius 2 is 1.71 bits per heavy atom. The van der Waals surface area contributed by atoms with Gasteiger partial charge in [0, 0.05) is 38.3 Å². The number of piperidine rings is 1. The molecular formula is C30H34FN5O2. The number of nitrogens with zero attached hydrogens (tertiary/aromatic N) is 4. The van der Waals surface area contributed by atoms with Gasteiger partial charge in [-0.05, 0) is 93.1 Å². The van der Waals surface area contributed by atoms with Crippen molar-refractivity contribution in [1.29, 1.82) is 0 Å². The molecule has 0 unspecified atom stereocenters. The predicted octanol–water partition coefficient (Wildman–Crippen LogP) is 4.89. The Morgan fingerprint density at radius 3 is 2.47 bits per heavy atom. The molecule has 0 aliphatic carbocycles. The monoisotopic (exact) mass is 515 g/mol. The quantitative estimate of drug-likeness (QED) is 0.506. The fourth-order valence-electron chi connectivity index (χ4n) is 5.89. The summed E-state index contributed by atoms with van der Waals surface area (Å²) in [6.45, 7) is 5.17. The maximum atomic E-state index is 15.0. The minimum atomic E-state index is -0.351. The predicted molar refractivity (Wildman–Crippen MR) is 150 cm³/mol. The van der Waals surface area contributed by atoms with Gasteiger partial charge in [-0.1, -0.05) is 12.1 Å². The molecule has 4 heterocycles. The van der Waals surface area contributed by atoms with Gasteiger partial charge in [0.2, 0.25) is 5.91 Å². The number of hydrogen-bond acceptors (Lipinski definition) is 5. The first-order valence-corrected chi connectivity index (χ1v) is 13.9. The summed E-state index contributed by atoms with van der Waals surface area (Å²) in [4.78, 5) is 34.8. The van der Waals surface area contributed by atoms with E-state index >= 15 is 0 Å². The first-order chi connectivity index (χ1) is 18.5. The second-order valence-corrected chi connectivity index (χ2v) is 10.6. The average Bonchev–Trinajstić information content (AvgIpc) is 3.60. The molecule has 0 radical (unpaired) electrons. The second-order valence-electron chi connectivity index (χ2n) is 10.6. The number of nitrogens with one attached hydrogen (secondary N) is 1. The maximum absolute atomic E-state index is 15.0. The van der Waals surface area contributed by atoms with Gasteiger partial charge in [0.05, 0.1) is 16.6 Å². The Labute approximate surface area is 222 Å². The highest BCUT2D eigenvalue weighted by atomic mass is 19.1. The smallest absolute Gasteiger partial charge is 0.261 e. The van der Waals surface area contributed by atoms with Crippen LogP contribution in [0.1, 0.15) is 56.3 Å². The molecule has 1 N–H and O–H groups in total. The third kappa shape index (κ3) is 5.10. The van der Waals surface area contributed by atoms with Crippen molar-refractivity contribution in [3.63, 3.8) is 0 Å². The molecule has 6 rings (SSSR count). The fraction of sp³-hybridized carbons (Fsp3) is 0.433. The van der Waals surface area contributed by atoms with Crippen molar-refractivity contribution < 1.29 is 9.18 Å². The summed E-state index contributed by atoms with van der Waals surface area (Å²) in [5, 5.41) is 3.32. The van der Waals surface area contributed by atoms with Gasteiger partial charge in [-0.15, -0.1) is 0 Å². The molecule has 2 saturated heterocycles. The summed E-state index contributed by atoms with van der Waals surface area (Å²) in [6, 6.07) is 10.9. The number of likely N-dealkylation sites (tertiary alicyclic amines) is 1. The van der Waals surface area contributed by atoms with Crippen LogP contribution in [0.5, 0.6) is 0 Å². The molecule has 0 bridgehead atoms. The Morgan fingerprint density at radius 1 is 0.974 bits per heavy atom. The first kappa shape index (κ1) is 24.8. The molecule has 8 heteroatoms. The molecule has 0 spiro atoms. The van der Waals surface area contributed by atoms with Crippen LogP contribution in [0, 0.1) is 5.82 Å². The van der Waals surface area contributed by atoms with Gasteiger partial charge in [-0.3, -0.25) is 14.2 Å². The van der Waals surface area contributed by atoms with Crippen LogP contribution in [-0.4, -0.2) is 53.1 Å². The number of allylic oxidation sites excluding steroid dienone is 1. The van der Waals surface area contributed by atoms with E-state index in [1.165, 1.54) is 25.3 Å². The van der Waals surface area contributed by atoms with Gasteiger partial charge in [-0.2, -0.15) is 0 Å². The molecular weight excluding hydrogens is 481 g/mol. The van der Waals surface area contributed by atoms with Crippen molar-refractivity contribution in [3.05, 3.63) is 64.0 Å². The summed E-state index contributed by atoms with van der Waals surface area (Å²) in [6.07, 6.45) is 8.94. The molecule has 2 aromatic carbocycles. The number of benzene rings is 2. The minimum Gasteiger partial charge on any atom is -0.369 e. The van der Waals surface area contributed by atoms with E-state index in [2.05, 4.69) is 15.1 Å². The van der Waals surface area contributed by atoms with E-state index in [9.17, 15) is 14.0 Å². The molecule has 7 nitrogen and oxygen atoms in total.